The van der Waals surface area contributed by atoms with E-state index in [1.54, 1.807) is 12.4 Å². The second-order valence-electron chi connectivity index (χ2n) is 6.57. The Hall–Kier alpha value is -2.47. The first-order valence-corrected chi connectivity index (χ1v) is 9.23. The summed E-state index contributed by atoms with van der Waals surface area (Å²) in [5.74, 6) is 0.812. The Morgan fingerprint density at radius 2 is 2.23 bits per heavy atom. The third-order valence-electron chi connectivity index (χ3n) is 4.41. The Bertz CT molecular complexity index is 691. The zero-order valence-corrected chi connectivity index (χ0v) is 15.2. The van der Waals surface area contributed by atoms with E-state index in [9.17, 15) is 4.79 Å². The van der Waals surface area contributed by atoms with Crippen LogP contribution in [0, 0.1) is 0 Å². The van der Waals surface area contributed by atoms with Gasteiger partial charge >= 0.3 is 0 Å². The van der Waals surface area contributed by atoms with E-state index in [0.717, 1.165) is 50.5 Å². The normalized spacial score (nSPS) is 17.6. The number of nitrogens with zero attached hydrogens (tertiary/aromatic N) is 3. The maximum Gasteiger partial charge on any atom is 0.252 e. The fourth-order valence-electron chi connectivity index (χ4n) is 3.03. The molecule has 1 atom stereocenters. The number of nitrogens with one attached hydrogen (secondary N) is 1. The molecule has 3 heterocycles. The second kappa shape index (κ2) is 9.29. The van der Waals surface area contributed by atoms with Crippen LogP contribution in [0.1, 0.15) is 35.8 Å². The molecule has 1 aliphatic rings. The van der Waals surface area contributed by atoms with Crippen LogP contribution in [0.15, 0.2) is 42.7 Å². The van der Waals surface area contributed by atoms with Gasteiger partial charge in [-0.2, -0.15) is 0 Å². The maximum atomic E-state index is 12.3. The Labute approximate surface area is 154 Å². The Morgan fingerprint density at radius 1 is 1.31 bits per heavy atom. The third kappa shape index (κ3) is 5.26. The Morgan fingerprint density at radius 3 is 3.00 bits per heavy atom. The third-order valence-corrected chi connectivity index (χ3v) is 4.41. The first-order valence-electron chi connectivity index (χ1n) is 9.23. The number of aromatic nitrogens is 2. The number of amides is 1. The first kappa shape index (κ1) is 18.3. The molecule has 0 aliphatic carbocycles. The average Bonchev–Trinajstić information content (AvgIpc) is 2.90. The fraction of sp³-hybridized carbons (Fsp3) is 0.450. The summed E-state index contributed by atoms with van der Waals surface area (Å²) in [4.78, 5) is 23.2. The summed E-state index contributed by atoms with van der Waals surface area (Å²) in [7, 11) is 0. The van der Waals surface area contributed by atoms with Gasteiger partial charge in [0.05, 0.1) is 11.7 Å². The predicted molar refractivity (Wildman–Crippen MR) is 101 cm³/mol. The van der Waals surface area contributed by atoms with E-state index in [0.29, 0.717) is 12.1 Å². The SMILES string of the molecule is CC1CN(c2ccc(C(=O)NCCCc3ccccn3)cn2)CCCO1. The van der Waals surface area contributed by atoms with Crippen LogP contribution in [-0.4, -0.2) is 48.2 Å². The van der Waals surface area contributed by atoms with Crippen molar-refractivity contribution in [1.29, 1.82) is 0 Å². The minimum atomic E-state index is -0.0855. The molecule has 1 fully saturated rings. The van der Waals surface area contributed by atoms with Crippen LogP contribution < -0.4 is 10.2 Å². The lowest BCUT2D eigenvalue weighted by Gasteiger charge is -2.23. The van der Waals surface area contributed by atoms with Gasteiger partial charge < -0.3 is 15.0 Å². The van der Waals surface area contributed by atoms with Gasteiger partial charge in [0.1, 0.15) is 5.82 Å². The van der Waals surface area contributed by atoms with Crippen molar-refractivity contribution in [3.05, 3.63) is 54.0 Å². The van der Waals surface area contributed by atoms with Crippen molar-refractivity contribution >= 4 is 11.7 Å². The minimum absolute atomic E-state index is 0.0855. The summed E-state index contributed by atoms with van der Waals surface area (Å²) in [6.07, 6.45) is 6.34. The Kier molecular flexibility index (Phi) is 6.55. The zero-order valence-electron chi connectivity index (χ0n) is 15.2. The van der Waals surface area contributed by atoms with Crippen LogP contribution in [0.25, 0.3) is 0 Å². The number of carbonyl (C=O) groups is 1. The number of hydrogen-bond acceptors (Lipinski definition) is 5. The smallest absolute Gasteiger partial charge is 0.252 e. The standard InChI is InChI=1S/C20H26N4O2/c1-16-15-24(12-5-13-26-16)19-9-8-17(14-23-19)20(25)22-11-4-7-18-6-2-3-10-21-18/h2-3,6,8-10,14,16H,4-5,7,11-13,15H2,1H3,(H,22,25). The highest BCUT2D eigenvalue weighted by Gasteiger charge is 2.16. The van der Waals surface area contributed by atoms with Crippen molar-refractivity contribution < 1.29 is 9.53 Å². The van der Waals surface area contributed by atoms with Crippen LogP contribution in [0.3, 0.4) is 0 Å². The van der Waals surface area contributed by atoms with Gasteiger partial charge in [0.2, 0.25) is 0 Å². The molecule has 1 amide bonds. The van der Waals surface area contributed by atoms with Crippen molar-refractivity contribution in [2.45, 2.75) is 32.3 Å². The molecule has 0 spiro atoms. The maximum absolute atomic E-state index is 12.3. The predicted octanol–water partition coefficient (Wildman–Crippen LogP) is 2.45. The van der Waals surface area contributed by atoms with Gasteiger partial charge in [-0.05, 0) is 50.5 Å². The van der Waals surface area contributed by atoms with Gasteiger partial charge in [-0.15, -0.1) is 0 Å². The first-order chi connectivity index (χ1) is 12.7. The van der Waals surface area contributed by atoms with E-state index < -0.39 is 0 Å². The quantitative estimate of drug-likeness (QED) is 0.807. The molecule has 3 rings (SSSR count). The lowest BCUT2D eigenvalue weighted by atomic mass is 10.2. The van der Waals surface area contributed by atoms with Gasteiger partial charge in [0, 0.05) is 44.3 Å². The van der Waals surface area contributed by atoms with Crippen LogP contribution in [0.2, 0.25) is 0 Å². The molecule has 0 saturated carbocycles. The van der Waals surface area contributed by atoms with Crippen molar-refractivity contribution in [2.24, 2.45) is 0 Å². The van der Waals surface area contributed by atoms with Crippen molar-refractivity contribution in [3.8, 4) is 0 Å². The average molecular weight is 354 g/mol. The van der Waals surface area contributed by atoms with E-state index in [1.807, 2.05) is 30.3 Å². The highest BCUT2D eigenvalue weighted by molar-refractivity contribution is 5.94. The molecule has 1 saturated heterocycles. The monoisotopic (exact) mass is 354 g/mol. The van der Waals surface area contributed by atoms with E-state index >= 15 is 0 Å². The molecule has 1 aliphatic heterocycles. The number of carbonyl (C=O) groups excluding carboxylic acids is 1. The molecule has 2 aromatic heterocycles. The van der Waals surface area contributed by atoms with Crippen molar-refractivity contribution in [3.63, 3.8) is 0 Å². The highest BCUT2D eigenvalue weighted by atomic mass is 16.5. The molecule has 0 aromatic carbocycles. The molecule has 6 heteroatoms. The van der Waals surface area contributed by atoms with Gasteiger partial charge in [-0.3, -0.25) is 9.78 Å². The van der Waals surface area contributed by atoms with E-state index in [4.69, 9.17) is 4.74 Å². The number of pyridine rings is 2. The second-order valence-corrected chi connectivity index (χ2v) is 6.57. The number of rotatable bonds is 6. The van der Waals surface area contributed by atoms with Crippen molar-refractivity contribution in [2.75, 3.05) is 31.1 Å². The molecular weight excluding hydrogens is 328 g/mol. The topological polar surface area (TPSA) is 67.4 Å². The minimum Gasteiger partial charge on any atom is -0.377 e. The van der Waals surface area contributed by atoms with E-state index in [2.05, 4.69) is 27.1 Å². The molecule has 2 aromatic rings. The fourth-order valence-corrected chi connectivity index (χ4v) is 3.03. The van der Waals surface area contributed by atoms with Crippen LogP contribution in [0.5, 0.6) is 0 Å². The van der Waals surface area contributed by atoms with Crippen molar-refractivity contribution in [1.82, 2.24) is 15.3 Å². The lowest BCUT2D eigenvalue weighted by Crippen LogP contribution is -2.31. The van der Waals surface area contributed by atoms with Gasteiger partial charge in [0.15, 0.2) is 0 Å². The Balaban J connectivity index is 1.47. The largest absolute Gasteiger partial charge is 0.377 e. The summed E-state index contributed by atoms with van der Waals surface area (Å²) in [5.41, 5.74) is 1.63. The number of ether oxygens (including phenoxy) is 1. The van der Waals surface area contributed by atoms with Gasteiger partial charge in [-0.1, -0.05) is 6.07 Å². The summed E-state index contributed by atoms with van der Waals surface area (Å²) < 4.78 is 5.67. The summed E-state index contributed by atoms with van der Waals surface area (Å²) in [6.45, 7) is 5.24. The zero-order chi connectivity index (χ0) is 18.2. The molecule has 0 bridgehead atoms. The number of hydrogen-bond donors (Lipinski definition) is 1. The summed E-state index contributed by atoms with van der Waals surface area (Å²) in [6, 6.07) is 9.64. The molecule has 1 N–H and O–H groups in total. The molecular formula is C20H26N4O2. The van der Waals surface area contributed by atoms with E-state index in [-0.39, 0.29) is 12.0 Å². The highest BCUT2D eigenvalue weighted by Crippen LogP contribution is 2.15. The van der Waals surface area contributed by atoms with Gasteiger partial charge in [-0.25, -0.2) is 4.98 Å². The molecule has 26 heavy (non-hydrogen) atoms. The summed E-state index contributed by atoms with van der Waals surface area (Å²) >= 11 is 0. The lowest BCUT2D eigenvalue weighted by molar-refractivity contribution is 0.0820. The number of aryl methyl sites for hydroxylation is 1. The molecule has 0 radical (unpaired) electrons. The van der Waals surface area contributed by atoms with E-state index in [1.165, 1.54) is 0 Å². The molecule has 6 nitrogen and oxygen atoms in total. The molecule has 1 unspecified atom stereocenters. The van der Waals surface area contributed by atoms with Crippen LogP contribution in [-0.2, 0) is 11.2 Å². The van der Waals surface area contributed by atoms with Crippen LogP contribution in [0.4, 0.5) is 5.82 Å². The number of anilines is 1. The van der Waals surface area contributed by atoms with Crippen LogP contribution >= 0.6 is 0 Å². The molecule has 138 valence electrons. The van der Waals surface area contributed by atoms with Gasteiger partial charge in [0.25, 0.3) is 5.91 Å². The summed E-state index contributed by atoms with van der Waals surface area (Å²) in [5, 5.41) is 2.94.